The van der Waals surface area contributed by atoms with E-state index in [0.29, 0.717) is 18.3 Å². The van der Waals surface area contributed by atoms with E-state index in [0.717, 1.165) is 24.5 Å². The molecule has 5 nitrogen and oxygen atoms in total. The number of benzene rings is 1. The maximum Gasteiger partial charge on any atom is 0.320 e. The van der Waals surface area contributed by atoms with Crippen LogP contribution >= 0.6 is 11.8 Å². The predicted molar refractivity (Wildman–Crippen MR) is 77.8 cm³/mol. The Bertz CT molecular complexity index is 437. The molecule has 0 atom stereocenters. The molecule has 0 fully saturated rings. The normalized spacial score (nSPS) is 13.8. The molecule has 2 rings (SSSR count). The third-order valence-corrected chi connectivity index (χ3v) is 3.32. The Morgan fingerprint density at radius 2 is 2.21 bits per heavy atom. The van der Waals surface area contributed by atoms with Crippen LogP contribution in [0.2, 0.25) is 0 Å². The molecule has 0 aliphatic carbocycles. The SMILES string of the molecule is O=C(NCCCOc1ccccc1)NC1=NCCS1. The van der Waals surface area contributed by atoms with Crippen LogP contribution in [-0.2, 0) is 0 Å². The highest BCUT2D eigenvalue weighted by Crippen LogP contribution is 2.09. The van der Waals surface area contributed by atoms with E-state index >= 15 is 0 Å². The van der Waals surface area contributed by atoms with E-state index in [1.54, 1.807) is 11.8 Å². The molecule has 2 amide bonds. The van der Waals surface area contributed by atoms with Crippen LogP contribution in [0.4, 0.5) is 4.79 Å². The second kappa shape index (κ2) is 7.68. The van der Waals surface area contributed by atoms with Gasteiger partial charge < -0.3 is 10.1 Å². The van der Waals surface area contributed by atoms with Crippen LogP contribution in [0.3, 0.4) is 0 Å². The van der Waals surface area contributed by atoms with E-state index in [1.807, 2.05) is 30.3 Å². The lowest BCUT2D eigenvalue weighted by atomic mass is 10.3. The topological polar surface area (TPSA) is 62.7 Å². The summed E-state index contributed by atoms with van der Waals surface area (Å²) in [4.78, 5) is 15.6. The van der Waals surface area contributed by atoms with Crippen LogP contribution in [0.15, 0.2) is 35.3 Å². The van der Waals surface area contributed by atoms with Gasteiger partial charge in [-0.15, -0.1) is 0 Å². The van der Waals surface area contributed by atoms with Gasteiger partial charge in [0.15, 0.2) is 5.17 Å². The van der Waals surface area contributed by atoms with Gasteiger partial charge in [-0.25, -0.2) is 4.79 Å². The molecule has 0 saturated heterocycles. The summed E-state index contributed by atoms with van der Waals surface area (Å²) in [7, 11) is 0. The molecule has 0 unspecified atom stereocenters. The van der Waals surface area contributed by atoms with Gasteiger partial charge in [0.1, 0.15) is 5.75 Å². The summed E-state index contributed by atoms with van der Waals surface area (Å²) in [6.45, 7) is 1.95. The minimum Gasteiger partial charge on any atom is -0.494 e. The van der Waals surface area contributed by atoms with E-state index in [9.17, 15) is 4.79 Å². The van der Waals surface area contributed by atoms with Crippen molar-refractivity contribution in [1.29, 1.82) is 0 Å². The molecule has 1 aliphatic heterocycles. The third-order valence-electron chi connectivity index (χ3n) is 2.42. The summed E-state index contributed by atoms with van der Waals surface area (Å²) in [5.74, 6) is 1.80. The van der Waals surface area contributed by atoms with Crippen molar-refractivity contribution in [1.82, 2.24) is 10.6 Å². The molecule has 19 heavy (non-hydrogen) atoms. The number of thioether (sulfide) groups is 1. The minimum atomic E-state index is -0.201. The number of carbonyl (C=O) groups is 1. The number of hydrogen-bond acceptors (Lipinski definition) is 4. The number of aliphatic imine (C=N–C) groups is 1. The molecule has 0 aromatic heterocycles. The molecule has 1 aromatic rings. The standard InChI is InChI=1S/C13H17N3O2S/c17-12(16-13-15-8-10-19-13)14-7-4-9-18-11-5-2-1-3-6-11/h1-3,5-6H,4,7-10H2,(H2,14,15,16,17). The Morgan fingerprint density at radius 3 is 2.95 bits per heavy atom. The van der Waals surface area contributed by atoms with E-state index in [1.165, 1.54) is 0 Å². The summed E-state index contributed by atoms with van der Waals surface area (Å²) < 4.78 is 5.52. The van der Waals surface area contributed by atoms with Crippen LogP contribution in [0.5, 0.6) is 5.75 Å². The molecule has 2 N–H and O–H groups in total. The van der Waals surface area contributed by atoms with Gasteiger partial charge in [0, 0.05) is 12.3 Å². The zero-order chi connectivity index (χ0) is 13.3. The maximum atomic E-state index is 11.5. The van der Waals surface area contributed by atoms with Gasteiger partial charge in [-0.05, 0) is 18.6 Å². The maximum absolute atomic E-state index is 11.5. The van der Waals surface area contributed by atoms with Crippen molar-refractivity contribution in [2.24, 2.45) is 4.99 Å². The molecule has 0 radical (unpaired) electrons. The van der Waals surface area contributed by atoms with Gasteiger partial charge >= 0.3 is 6.03 Å². The number of ether oxygens (including phenoxy) is 1. The Morgan fingerprint density at radius 1 is 1.37 bits per heavy atom. The van der Waals surface area contributed by atoms with E-state index in [-0.39, 0.29) is 6.03 Å². The molecule has 102 valence electrons. The van der Waals surface area contributed by atoms with Crippen molar-refractivity contribution in [3.63, 3.8) is 0 Å². The smallest absolute Gasteiger partial charge is 0.320 e. The van der Waals surface area contributed by atoms with Crippen LogP contribution in [0.25, 0.3) is 0 Å². The van der Waals surface area contributed by atoms with Crippen LogP contribution < -0.4 is 15.4 Å². The van der Waals surface area contributed by atoms with Crippen molar-refractivity contribution in [3.05, 3.63) is 30.3 Å². The number of para-hydroxylation sites is 1. The average molecular weight is 279 g/mol. The Hall–Kier alpha value is -1.69. The van der Waals surface area contributed by atoms with E-state index in [4.69, 9.17) is 4.74 Å². The van der Waals surface area contributed by atoms with Gasteiger partial charge in [-0.2, -0.15) is 0 Å². The lowest BCUT2D eigenvalue weighted by Gasteiger charge is -2.08. The fraction of sp³-hybridized carbons (Fsp3) is 0.385. The number of rotatable bonds is 5. The highest BCUT2D eigenvalue weighted by atomic mass is 32.2. The van der Waals surface area contributed by atoms with Crippen LogP contribution in [0.1, 0.15) is 6.42 Å². The van der Waals surface area contributed by atoms with Crippen molar-refractivity contribution in [3.8, 4) is 5.75 Å². The average Bonchev–Trinajstić information content (AvgIpc) is 2.92. The largest absolute Gasteiger partial charge is 0.494 e. The molecular weight excluding hydrogens is 262 g/mol. The molecule has 0 saturated carbocycles. The van der Waals surface area contributed by atoms with Crippen molar-refractivity contribution >= 4 is 23.0 Å². The third kappa shape index (κ3) is 5.21. The summed E-state index contributed by atoms with van der Waals surface area (Å²) in [6, 6.07) is 9.43. The van der Waals surface area contributed by atoms with Crippen LogP contribution in [0, 0.1) is 0 Å². The predicted octanol–water partition coefficient (Wildman–Crippen LogP) is 1.86. The first kappa shape index (κ1) is 13.7. The summed E-state index contributed by atoms with van der Waals surface area (Å²) in [5.41, 5.74) is 0. The first-order valence-electron chi connectivity index (χ1n) is 6.24. The van der Waals surface area contributed by atoms with Crippen molar-refractivity contribution in [2.45, 2.75) is 6.42 Å². The summed E-state index contributed by atoms with van der Waals surface area (Å²) in [6.07, 6.45) is 0.766. The van der Waals surface area contributed by atoms with Gasteiger partial charge in [-0.1, -0.05) is 30.0 Å². The van der Waals surface area contributed by atoms with E-state index < -0.39 is 0 Å². The van der Waals surface area contributed by atoms with Gasteiger partial charge in [0.2, 0.25) is 0 Å². The fourth-order valence-corrected chi connectivity index (χ4v) is 2.26. The molecule has 1 aliphatic rings. The van der Waals surface area contributed by atoms with E-state index in [2.05, 4.69) is 15.6 Å². The zero-order valence-electron chi connectivity index (χ0n) is 10.6. The summed E-state index contributed by atoms with van der Waals surface area (Å²) >= 11 is 1.57. The monoisotopic (exact) mass is 279 g/mol. The number of amidine groups is 1. The second-order valence-corrected chi connectivity index (χ2v) is 5.01. The molecular formula is C13H17N3O2S. The molecule has 6 heteroatoms. The Labute approximate surface area is 116 Å². The highest BCUT2D eigenvalue weighted by molar-refractivity contribution is 8.14. The minimum absolute atomic E-state index is 0.201. The number of hydrogen-bond donors (Lipinski definition) is 2. The van der Waals surface area contributed by atoms with Gasteiger partial charge in [0.05, 0.1) is 13.2 Å². The number of nitrogens with one attached hydrogen (secondary N) is 2. The van der Waals surface area contributed by atoms with Gasteiger partial charge in [0.25, 0.3) is 0 Å². The first-order valence-corrected chi connectivity index (χ1v) is 7.23. The number of carbonyl (C=O) groups excluding carboxylic acids is 1. The summed E-state index contributed by atoms with van der Waals surface area (Å²) in [5, 5.41) is 6.19. The van der Waals surface area contributed by atoms with Crippen molar-refractivity contribution < 1.29 is 9.53 Å². The Kier molecular flexibility index (Phi) is 5.55. The first-order chi connectivity index (χ1) is 9.34. The second-order valence-electron chi connectivity index (χ2n) is 3.93. The Balaban J connectivity index is 1.53. The lowest BCUT2D eigenvalue weighted by Crippen LogP contribution is -2.38. The quantitative estimate of drug-likeness (QED) is 0.809. The van der Waals surface area contributed by atoms with Gasteiger partial charge in [-0.3, -0.25) is 10.3 Å². The highest BCUT2D eigenvalue weighted by Gasteiger charge is 2.09. The fourth-order valence-electron chi connectivity index (χ4n) is 1.53. The molecule has 1 heterocycles. The number of urea groups is 1. The lowest BCUT2D eigenvalue weighted by molar-refractivity contribution is 0.243. The number of amides is 2. The molecule has 0 spiro atoms. The van der Waals surface area contributed by atoms with Crippen molar-refractivity contribution in [2.75, 3.05) is 25.4 Å². The number of nitrogens with zero attached hydrogens (tertiary/aromatic N) is 1. The zero-order valence-corrected chi connectivity index (χ0v) is 11.4. The van der Waals surface area contributed by atoms with Crippen LogP contribution in [-0.4, -0.2) is 36.6 Å². The molecule has 1 aromatic carbocycles. The molecule has 0 bridgehead atoms.